The molecule has 1 unspecified atom stereocenters. The second-order valence-corrected chi connectivity index (χ2v) is 6.99. The van der Waals surface area contributed by atoms with Crippen molar-refractivity contribution in [3.05, 3.63) is 83.9 Å². The van der Waals surface area contributed by atoms with Gasteiger partial charge in [-0.25, -0.2) is 0 Å². The zero-order valence-electron chi connectivity index (χ0n) is 15.2. The van der Waals surface area contributed by atoms with Crippen LogP contribution in [-0.4, -0.2) is 9.67 Å². The number of rotatable bonds is 6. The summed E-state index contributed by atoms with van der Waals surface area (Å²) in [5, 5.41) is 13.2. The maximum atomic E-state index is 10.7. The molecule has 4 aromatic rings. The van der Waals surface area contributed by atoms with Crippen molar-refractivity contribution in [3.63, 3.8) is 0 Å². The van der Waals surface area contributed by atoms with E-state index in [-0.39, 0.29) is 0 Å². The SMILES string of the molecule is CCCn1c2ccccc2c2cc(C(O)CCc3ccccc3)ccc21. The van der Waals surface area contributed by atoms with Crippen LogP contribution < -0.4 is 0 Å². The molecule has 1 N–H and O–H groups in total. The molecule has 0 saturated carbocycles. The van der Waals surface area contributed by atoms with Crippen LogP contribution in [0.4, 0.5) is 0 Å². The first-order chi connectivity index (χ1) is 12.8. The highest BCUT2D eigenvalue weighted by Gasteiger charge is 2.13. The Kier molecular flexibility index (Phi) is 4.77. The lowest BCUT2D eigenvalue weighted by Gasteiger charge is -2.12. The molecule has 0 amide bonds. The third kappa shape index (κ3) is 3.13. The quantitative estimate of drug-likeness (QED) is 0.465. The molecule has 0 saturated heterocycles. The molecule has 0 aliphatic carbocycles. The van der Waals surface area contributed by atoms with Gasteiger partial charge >= 0.3 is 0 Å². The van der Waals surface area contributed by atoms with Gasteiger partial charge in [-0.2, -0.15) is 0 Å². The molecule has 2 heteroatoms. The van der Waals surface area contributed by atoms with Crippen molar-refractivity contribution < 1.29 is 5.11 Å². The Bertz CT molecular complexity index is 1020. The maximum absolute atomic E-state index is 10.7. The summed E-state index contributed by atoms with van der Waals surface area (Å²) in [5.74, 6) is 0. The monoisotopic (exact) mass is 343 g/mol. The number of aliphatic hydroxyl groups excluding tert-OH is 1. The zero-order valence-corrected chi connectivity index (χ0v) is 15.2. The minimum absolute atomic E-state index is 0.437. The lowest BCUT2D eigenvalue weighted by molar-refractivity contribution is 0.168. The molecule has 26 heavy (non-hydrogen) atoms. The Balaban J connectivity index is 1.67. The van der Waals surface area contributed by atoms with Crippen molar-refractivity contribution >= 4 is 21.8 Å². The summed E-state index contributed by atoms with van der Waals surface area (Å²) in [6.07, 6.45) is 2.29. The minimum Gasteiger partial charge on any atom is -0.388 e. The molecule has 3 aromatic carbocycles. The third-order valence-corrected chi connectivity index (χ3v) is 5.18. The molecule has 1 atom stereocenters. The predicted molar refractivity (Wildman–Crippen MR) is 109 cm³/mol. The van der Waals surface area contributed by atoms with Gasteiger partial charge in [-0.05, 0) is 48.6 Å². The fourth-order valence-electron chi connectivity index (χ4n) is 3.86. The van der Waals surface area contributed by atoms with Crippen LogP contribution in [0, 0.1) is 0 Å². The molecule has 0 spiro atoms. The number of aryl methyl sites for hydroxylation is 2. The third-order valence-electron chi connectivity index (χ3n) is 5.18. The summed E-state index contributed by atoms with van der Waals surface area (Å²) >= 11 is 0. The van der Waals surface area contributed by atoms with E-state index < -0.39 is 6.10 Å². The maximum Gasteiger partial charge on any atom is 0.0793 e. The molecule has 0 aliphatic heterocycles. The number of hydrogen-bond acceptors (Lipinski definition) is 1. The molecule has 0 bridgehead atoms. The zero-order chi connectivity index (χ0) is 17.9. The van der Waals surface area contributed by atoms with E-state index in [1.54, 1.807) is 0 Å². The van der Waals surface area contributed by atoms with Gasteiger partial charge in [-0.15, -0.1) is 0 Å². The molecule has 1 aromatic heterocycles. The number of benzene rings is 3. The number of hydrogen-bond donors (Lipinski definition) is 1. The van der Waals surface area contributed by atoms with Gasteiger partial charge in [0.25, 0.3) is 0 Å². The van der Waals surface area contributed by atoms with E-state index in [2.05, 4.69) is 78.2 Å². The fourth-order valence-corrected chi connectivity index (χ4v) is 3.86. The lowest BCUT2D eigenvalue weighted by atomic mass is 9.99. The van der Waals surface area contributed by atoms with E-state index in [1.807, 2.05) is 6.07 Å². The van der Waals surface area contributed by atoms with E-state index in [0.29, 0.717) is 0 Å². The van der Waals surface area contributed by atoms with Crippen molar-refractivity contribution in [1.82, 2.24) is 4.57 Å². The van der Waals surface area contributed by atoms with Crippen LogP contribution in [0.3, 0.4) is 0 Å². The van der Waals surface area contributed by atoms with Crippen molar-refractivity contribution in [2.24, 2.45) is 0 Å². The van der Waals surface area contributed by atoms with Gasteiger partial charge in [0.05, 0.1) is 6.10 Å². The topological polar surface area (TPSA) is 25.2 Å². The summed E-state index contributed by atoms with van der Waals surface area (Å²) in [6, 6.07) is 25.4. The second-order valence-electron chi connectivity index (χ2n) is 6.99. The normalized spacial score (nSPS) is 12.7. The Labute approximate surface area is 154 Å². The van der Waals surface area contributed by atoms with Crippen LogP contribution in [0.2, 0.25) is 0 Å². The average molecular weight is 343 g/mol. The molecule has 0 radical (unpaired) electrons. The summed E-state index contributed by atoms with van der Waals surface area (Å²) in [6.45, 7) is 3.22. The summed E-state index contributed by atoms with van der Waals surface area (Å²) in [5.41, 5.74) is 4.81. The smallest absolute Gasteiger partial charge is 0.0793 e. The highest BCUT2D eigenvalue weighted by Crippen LogP contribution is 2.32. The number of aromatic nitrogens is 1. The average Bonchev–Trinajstić information content (AvgIpc) is 3.01. The molecule has 0 aliphatic rings. The van der Waals surface area contributed by atoms with Gasteiger partial charge in [-0.1, -0.05) is 61.5 Å². The molecule has 0 fully saturated rings. The Morgan fingerprint density at radius 2 is 1.58 bits per heavy atom. The van der Waals surface area contributed by atoms with Crippen LogP contribution in [0.25, 0.3) is 21.8 Å². The van der Waals surface area contributed by atoms with Crippen LogP contribution >= 0.6 is 0 Å². The van der Waals surface area contributed by atoms with Gasteiger partial charge in [0.2, 0.25) is 0 Å². The van der Waals surface area contributed by atoms with E-state index in [4.69, 9.17) is 0 Å². The van der Waals surface area contributed by atoms with Gasteiger partial charge < -0.3 is 9.67 Å². The Hall–Kier alpha value is -2.58. The van der Waals surface area contributed by atoms with Crippen molar-refractivity contribution in [2.75, 3.05) is 0 Å². The van der Waals surface area contributed by atoms with E-state index in [1.165, 1.54) is 27.4 Å². The van der Waals surface area contributed by atoms with Crippen LogP contribution in [0.5, 0.6) is 0 Å². The predicted octanol–water partition coefficient (Wildman–Crippen LogP) is 5.87. The van der Waals surface area contributed by atoms with Crippen LogP contribution in [0.15, 0.2) is 72.8 Å². The second kappa shape index (κ2) is 7.35. The number of nitrogens with zero attached hydrogens (tertiary/aromatic N) is 1. The molecule has 2 nitrogen and oxygen atoms in total. The van der Waals surface area contributed by atoms with Gasteiger partial charge in [0.1, 0.15) is 0 Å². The fraction of sp³-hybridized carbons (Fsp3) is 0.250. The largest absolute Gasteiger partial charge is 0.388 e. The summed E-state index contributed by atoms with van der Waals surface area (Å²) < 4.78 is 2.39. The summed E-state index contributed by atoms with van der Waals surface area (Å²) in [7, 11) is 0. The Morgan fingerprint density at radius 1 is 0.846 bits per heavy atom. The lowest BCUT2D eigenvalue weighted by Crippen LogP contribution is -2.00. The molecular formula is C24H25NO. The van der Waals surface area contributed by atoms with Gasteiger partial charge in [0.15, 0.2) is 0 Å². The van der Waals surface area contributed by atoms with E-state index in [9.17, 15) is 5.11 Å². The number of fused-ring (bicyclic) bond motifs is 3. The van der Waals surface area contributed by atoms with Gasteiger partial charge in [0, 0.05) is 28.4 Å². The molecule has 1 heterocycles. The number of aliphatic hydroxyl groups is 1. The first-order valence-corrected chi connectivity index (χ1v) is 9.51. The first-order valence-electron chi connectivity index (χ1n) is 9.51. The van der Waals surface area contributed by atoms with Crippen LogP contribution in [-0.2, 0) is 13.0 Å². The van der Waals surface area contributed by atoms with E-state index in [0.717, 1.165) is 31.4 Å². The highest BCUT2D eigenvalue weighted by atomic mass is 16.3. The summed E-state index contributed by atoms with van der Waals surface area (Å²) in [4.78, 5) is 0. The standard InChI is InChI=1S/C24H25NO/c1-2-16-25-22-11-7-6-10-20(22)21-17-19(13-14-23(21)25)24(26)15-12-18-8-4-3-5-9-18/h3-11,13-14,17,24,26H,2,12,15-16H2,1H3. The molecular weight excluding hydrogens is 318 g/mol. The van der Waals surface area contributed by atoms with Crippen molar-refractivity contribution in [2.45, 2.75) is 38.8 Å². The molecule has 132 valence electrons. The molecule has 4 rings (SSSR count). The van der Waals surface area contributed by atoms with Crippen LogP contribution in [0.1, 0.15) is 37.0 Å². The minimum atomic E-state index is -0.437. The first kappa shape index (κ1) is 16.9. The number of para-hydroxylation sites is 1. The highest BCUT2D eigenvalue weighted by molar-refractivity contribution is 6.08. The van der Waals surface area contributed by atoms with Crippen molar-refractivity contribution in [3.8, 4) is 0 Å². The van der Waals surface area contributed by atoms with E-state index >= 15 is 0 Å². The van der Waals surface area contributed by atoms with Crippen molar-refractivity contribution in [1.29, 1.82) is 0 Å². The Morgan fingerprint density at radius 3 is 2.38 bits per heavy atom. The van der Waals surface area contributed by atoms with Gasteiger partial charge in [-0.3, -0.25) is 0 Å².